The molecule has 1 aliphatic heterocycles. The summed E-state index contributed by atoms with van der Waals surface area (Å²) >= 11 is 0. The number of halogens is 3. The van der Waals surface area contributed by atoms with E-state index in [1.807, 2.05) is 6.07 Å². The van der Waals surface area contributed by atoms with Crippen molar-refractivity contribution < 1.29 is 27.8 Å². The lowest BCUT2D eigenvalue weighted by Gasteiger charge is -2.60. The second-order valence-electron chi connectivity index (χ2n) is 11.1. The van der Waals surface area contributed by atoms with Crippen LogP contribution in [0.4, 0.5) is 13.2 Å². The zero-order valence-corrected chi connectivity index (χ0v) is 21.6. The number of piperidine rings is 1. The highest BCUT2D eigenvalue weighted by molar-refractivity contribution is 5.99. The number of ether oxygens (including phenoxy) is 1. The van der Waals surface area contributed by atoms with E-state index in [9.17, 15) is 23.1 Å². The maximum Gasteiger partial charge on any atom is 0.421 e. The van der Waals surface area contributed by atoms with Crippen LogP contribution in [0.25, 0.3) is 6.08 Å². The van der Waals surface area contributed by atoms with Crippen LogP contribution in [0.15, 0.2) is 60.2 Å². The van der Waals surface area contributed by atoms with Gasteiger partial charge in [-0.1, -0.05) is 55.3 Å². The molecule has 38 heavy (non-hydrogen) atoms. The van der Waals surface area contributed by atoms with E-state index in [0.29, 0.717) is 31.0 Å². The molecule has 204 valence electrons. The average molecular weight is 529 g/mol. The Morgan fingerprint density at radius 3 is 2.53 bits per heavy atom. The molecule has 3 atom stereocenters. The summed E-state index contributed by atoms with van der Waals surface area (Å²) in [6.45, 7) is 1.21. The molecule has 2 aliphatic carbocycles. The summed E-state index contributed by atoms with van der Waals surface area (Å²) in [7, 11) is 1.71. The number of phenolic OH excluding ortho intramolecular Hbond substituents is 1. The first-order chi connectivity index (χ1) is 18.2. The molecule has 8 heteroatoms. The third kappa shape index (κ3) is 5.21. The summed E-state index contributed by atoms with van der Waals surface area (Å²) in [5.41, 5.74) is -1.12. The highest BCUT2D eigenvalue weighted by Crippen LogP contribution is 2.55. The van der Waals surface area contributed by atoms with Gasteiger partial charge in [0.2, 0.25) is 0 Å². The Labute approximate surface area is 221 Å². The van der Waals surface area contributed by atoms with Gasteiger partial charge in [0.25, 0.3) is 5.91 Å². The van der Waals surface area contributed by atoms with Crippen LogP contribution in [0, 0.1) is 5.92 Å². The number of methoxy groups -OCH3 is 1. The summed E-state index contributed by atoms with van der Waals surface area (Å²) in [4.78, 5) is 15.4. The molecule has 1 amide bonds. The summed E-state index contributed by atoms with van der Waals surface area (Å²) in [6.07, 6.45) is 1.56. The lowest BCUT2D eigenvalue weighted by atomic mass is 9.55. The van der Waals surface area contributed by atoms with Crippen LogP contribution in [0.2, 0.25) is 0 Å². The first kappa shape index (κ1) is 26.8. The van der Waals surface area contributed by atoms with Crippen molar-refractivity contribution in [2.24, 2.45) is 5.92 Å². The van der Waals surface area contributed by atoms with Crippen LogP contribution in [0.1, 0.15) is 56.1 Å². The predicted octanol–water partition coefficient (Wildman–Crippen LogP) is 5.79. The minimum Gasteiger partial charge on any atom is -0.508 e. The van der Waals surface area contributed by atoms with Crippen molar-refractivity contribution in [3.8, 4) is 5.75 Å². The Bertz CT molecular complexity index is 1180. The fourth-order valence-corrected chi connectivity index (χ4v) is 6.60. The minimum atomic E-state index is -4.81. The van der Waals surface area contributed by atoms with Crippen molar-refractivity contribution in [3.05, 3.63) is 71.3 Å². The van der Waals surface area contributed by atoms with E-state index >= 15 is 0 Å². The number of benzene rings is 2. The van der Waals surface area contributed by atoms with Crippen LogP contribution >= 0.6 is 0 Å². The fourth-order valence-electron chi connectivity index (χ4n) is 6.60. The van der Waals surface area contributed by atoms with E-state index in [1.54, 1.807) is 55.6 Å². The SMILES string of the molecule is COC12CCCC[C@@]1(c1cccc(O)c1)C[C@@H](NC(=O)C(=Cc1ccccc1)C(F)(F)F)N(CC1CC1)C2. The number of hydrogen-bond donors (Lipinski definition) is 2. The highest BCUT2D eigenvalue weighted by atomic mass is 19.4. The topological polar surface area (TPSA) is 61.8 Å². The average Bonchev–Trinajstić information content (AvgIpc) is 3.71. The molecule has 2 saturated carbocycles. The maximum absolute atomic E-state index is 14.1. The van der Waals surface area contributed by atoms with E-state index < -0.39 is 34.8 Å². The molecule has 1 saturated heterocycles. The molecule has 0 radical (unpaired) electrons. The van der Waals surface area contributed by atoms with Crippen molar-refractivity contribution >= 4 is 12.0 Å². The third-order valence-corrected chi connectivity index (χ3v) is 8.68. The minimum absolute atomic E-state index is 0.138. The van der Waals surface area contributed by atoms with E-state index in [2.05, 4.69) is 10.2 Å². The third-order valence-electron chi connectivity index (χ3n) is 8.68. The molecule has 3 fully saturated rings. The van der Waals surface area contributed by atoms with Gasteiger partial charge in [0, 0.05) is 25.6 Å². The van der Waals surface area contributed by atoms with Gasteiger partial charge < -0.3 is 15.2 Å². The van der Waals surface area contributed by atoms with Crippen LogP contribution in [-0.2, 0) is 14.9 Å². The molecule has 1 unspecified atom stereocenters. The van der Waals surface area contributed by atoms with Crippen molar-refractivity contribution in [3.63, 3.8) is 0 Å². The van der Waals surface area contributed by atoms with Crippen LogP contribution in [0.5, 0.6) is 5.75 Å². The van der Waals surface area contributed by atoms with Gasteiger partial charge in [0.15, 0.2) is 0 Å². The summed E-state index contributed by atoms with van der Waals surface area (Å²) < 4.78 is 48.6. The first-order valence-corrected chi connectivity index (χ1v) is 13.4. The van der Waals surface area contributed by atoms with E-state index in [-0.39, 0.29) is 5.75 Å². The van der Waals surface area contributed by atoms with Gasteiger partial charge in [-0.15, -0.1) is 0 Å². The molecule has 1 heterocycles. The number of aromatic hydroxyl groups is 1. The molecule has 0 aromatic heterocycles. The number of fused-ring (bicyclic) bond motifs is 1. The number of alkyl halides is 3. The zero-order valence-electron chi connectivity index (χ0n) is 21.6. The van der Waals surface area contributed by atoms with E-state index in [1.165, 1.54) is 0 Å². The van der Waals surface area contributed by atoms with Crippen LogP contribution < -0.4 is 5.32 Å². The molecular formula is C30H35F3N2O3. The predicted molar refractivity (Wildman–Crippen MR) is 139 cm³/mol. The Kier molecular flexibility index (Phi) is 7.31. The number of carbonyl (C=O) groups is 1. The van der Waals surface area contributed by atoms with Crippen LogP contribution in [0.3, 0.4) is 0 Å². The lowest BCUT2D eigenvalue weighted by Crippen LogP contribution is -2.70. The molecule has 5 nitrogen and oxygen atoms in total. The number of nitrogens with zero attached hydrogens (tertiary/aromatic N) is 1. The van der Waals surface area contributed by atoms with Gasteiger partial charge in [-0.25, -0.2) is 0 Å². The standard InChI is InChI=1S/C30H35F3N2O3/c1-38-29-15-6-5-14-28(29,23-10-7-11-24(36)17-23)18-26(35(20-29)19-22-12-13-22)34-27(37)25(30(31,32)33)16-21-8-3-2-4-9-21/h2-4,7-11,16-17,22,26,36H,5-6,12-15,18-20H2,1H3,(H,34,37)/t26-,28-,29?/m0/s1. The summed E-state index contributed by atoms with van der Waals surface area (Å²) in [6, 6.07) is 15.2. The number of likely N-dealkylation sites (tertiary alicyclic amines) is 1. The molecule has 0 bridgehead atoms. The Morgan fingerprint density at radius 1 is 1.13 bits per heavy atom. The number of amides is 1. The number of carbonyl (C=O) groups excluding carboxylic acids is 1. The first-order valence-electron chi connectivity index (χ1n) is 13.4. The Hall–Kier alpha value is -2.84. The quantitative estimate of drug-likeness (QED) is 0.447. The number of hydrogen-bond acceptors (Lipinski definition) is 4. The Balaban J connectivity index is 1.52. The van der Waals surface area contributed by atoms with Gasteiger partial charge in [0.05, 0.1) is 11.8 Å². The van der Waals surface area contributed by atoms with Crippen LogP contribution in [-0.4, -0.2) is 54.1 Å². The summed E-state index contributed by atoms with van der Waals surface area (Å²) in [5.74, 6) is -0.514. The van der Waals surface area contributed by atoms with E-state index in [4.69, 9.17) is 4.74 Å². The fraction of sp³-hybridized carbons (Fsp3) is 0.500. The zero-order chi connectivity index (χ0) is 27.0. The maximum atomic E-state index is 14.1. The van der Waals surface area contributed by atoms with Crippen molar-refractivity contribution in [2.75, 3.05) is 20.2 Å². The van der Waals surface area contributed by atoms with Crippen molar-refractivity contribution in [1.82, 2.24) is 10.2 Å². The second kappa shape index (κ2) is 10.4. The number of nitrogens with one attached hydrogen (secondary N) is 1. The second-order valence-corrected chi connectivity index (χ2v) is 11.1. The highest BCUT2D eigenvalue weighted by Gasteiger charge is 2.60. The van der Waals surface area contributed by atoms with Crippen molar-refractivity contribution in [1.29, 1.82) is 0 Å². The van der Waals surface area contributed by atoms with Gasteiger partial charge in [-0.3, -0.25) is 9.69 Å². The number of phenols is 1. The monoisotopic (exact) mass is 528 g/mol. The lowest BCUT2D eigenvalue weighted by molar-refractivity contribution is -0.166. The molecule has 2 aromatic rings. The smallest absolute Gasteiger partial charge is 0.421 e. The number of rotatable bonds is 7. The molecule has 2 N–H and O–H groups in total. The Morgan fingerprint density at radius 2 is 1.87 bits per heavy atom. The molecule has 2 aromatic carbocycles. The molecule has 3 aliphatic rings. The molecule has 0 spiro atoms. The van der Waals surface area contributed by atoms with Gasteiger partial charge in [-0.05, 0) is 67.4 Å². The summed E-state index contributed by atoms with van der Waals surface area (Å²) in [5, 5.41) is 13.1. The van der Waals surface area contributed by atoms with Gasteiger partial charge in [0.1, 0.15) is 11.3 Å². The largest absolute Gasteiger partial charge is 0.508 e. The molecular weight excluding hydrogens is 493 g/mol. The van der Waals surface area contributed by atoms with Crippen molar-refractivity contribution in [2.45, 2.75) is 68.3 Å². The normalized spacial score (nSPS) is 28.5. The van der Waals surface area contributed by atoms with Gasteiger partial charge in [-0.2, -0.15) is 13.2 Å². The van der Waals surface area contributed by atoms with Gasteiger partial charge >= 0.3 is 6.18 Å². The molecule has 5 rings (SSSR count). The van der Waals surface area contributed by atoms with E-state index in [0.717, 1.165) is 50.2 Å².